The smallest absolute Gasteiger partial charge is 0.340 e. The Morgan fingerprint density at radius 3 is 2.28 bits per heavy atom. The number of phenolic OH excluding ortho intramolecular Hbond substituents is 2. The summed E-state index contributed by atoms with van der Waals surface area (Å²) >= 11 is 14.1. The SMILES string of the molecule is O=C1OC2(c3ccc(O)cc3Oc3cc(O)cc(Br)c32)c2c1cc(Br)c(Br)c2Br. The number of rotatable bonds is 0. The van der Waals surface area contributed by atoms with Crippen molar-refractivity contribution in [2.45, 2.75) is 5.60 Å². The second-order valence-corrected chi connectivity index (χ2v) is 9.86. The molecule has 3 aromatic carbocycles. The number of esters is 1. The van der Waals surface area contributed by atoms with Crippen LogP contribution in [0.25, 0.3) is 0 Å². The minimum absolute atomic E-state index is 0.00201. The first-order chi connectivity index (χ1) is 13.7. The number of benzene rings is 3. The summed E-state index contributed by atoms with van der Waals surface area (Å²) in [6, 6.07) is 9.29. The summed E-state index contributed by atoms with van der Waals surface area (Å²) in [5, 5.41) is 20.1. The molecular formula is C20H8Br4O5. The molecule has 0 fully saturated rings. The third-order valence-electron chi connectivity index (χ3n) is 4.94. The van der Waals surface area contributed by atoms with Crippen molar-refractivity contribution < 1.29 is 24.5 Å². The fourth-order valence-electron chi connectivity index (χ4n) is 3.84. The van der Waals surface area contributed by atoms with Gasteiger partial charge in [0.15, 0.2) is 5.60 Å². The van der Waals surface area contributed by atoms with E-state index in [0.717, 1.165) is 4.47 Å². The molecule has 1 spiro atoms. The number of ether oxygens (including phenoxy) is 2. The largest absolute Gasteiger partial charge is 0.508 e. The normalized spacial score (nSPS) is 18.7. The number of aromatic hydroxyl groups is 2. The number of fused-ring (bicyclic) bond motifs is 6. The van der Waals surface area contributed by atoms with Crippen molar-refractivity contribution in [3.8, 4) is 23.0 Å². The first-order valence-corrected chi connectivity index (χ1v) is 11.4. The topological polar surface area (TPSA) is 76.0 Å². The number of carbonyl (C=O) groups is 1. The van der Waals surface area contributed by atoms with Crippen molar-refractivity contribution in [1.82, 2.24) is 0 Å². The predicted octanol–water partition coefficient (Wildman–Crippen LogP) is 6.72. The Labute approximate surface area is 198 Å². The lowest BCUT2D eigenvalue weighted by Gasteiger charge is -2.37. The molecule has 3 aromatic rings. The highest BCUT2D eigenvalue weighted by molar-refractivity contribution is 9.14. The molecule has 0 saturated carbocycles. The zero-order valence-electron chi connectivity index (χ0n) is 14.1. The average molecular weight is 648 g/mol. The Balaban J connectivity index is 1.98. The maximum absolute atomic E-state index is 13.0. The molecular weight excluding hydrogens is 640 g/mol. The summed E-state index contributed by atoms with van der Waals surface area (Å²) < 4.78 is 14.6. The van der Waals surface area contributed by atoms with Gasteiger partial charge in [0.1, 0.15) is 23.0 Å². The van der Waals surface area contributed by atoms with Crippen molar-refractivity contribution in [2.24, 2.45) is 0 Å². The van der Waals surface area contributed by atoms with E-state index in [-0.39, 0.29) is 11.5 Å². The van der Waals surface area contributed by atoms with Crippen LogP contribution in [0.3, 0.4) is 0 Å². The minimum Gasteiger partial charge on any atom is -0.508 e. The van der Waals surface area contributed by atoms with E-state index in [1.165, 1.54) is 24.3 Å². The van der Waals surface area contributed by atoms with Crippen molar-refractivity contribution >= 4 is 69.7 Å². The predicted molar refractivity (Wildman–Crippen MR) is 119 cm³/mol. The maximum Gasteiger partial charge on any atom is 0.340 e. The van der Waals surface area contributed by atoms with E-state index >= 15 is 0 Å². The van der Waals surface area contributed by atoms with Crippen LogP contribution in [0.1, 0.15) is 27.0 Å². The van der Waals surface area contributed by atoms with Gasteiger partial charge in [0.2, 0.25) is 0 Å². The lowest BCUT2D eigenvalue weighted by molar-refractivity contribution is 0.0220. The second-order valence-electron chi connectivity index (χ2n) is 6.56. The molecule has 0 saturated heterocycles. The highest BCUT2D eigenvalue weighted by Gasteiger charge is 2.56. The van der Waals surface area contributed by atoms with E-state index in [1.54, 1.807) is 12.1 Å². The van der Waals surface area contributed by atoms with Gasteiger partial charge >= 0.3 is 5.97 Å². The van der Waals surface area contributed by atoms with Crippen molar-refractivity contribution in [3.63, 3.8) is 0 Å². The van der Waals surface area contributed by atoms with E-state index in [4.69, 9.17) is 9.47 Å². The van der Waals surface area contributed by atoms with Crippen LogP contribution in [0.4, 0.5) is 0 Å². The third-order valence-corrected chi connectivity index (χ3v) is 8.87. The van der Waals surface area contributed by atoms with E-state index in [2.05, 4.69) is 63.7 Å². The van der Waals surface area contributed by atoms with Gasteiger partial charge in [-0.25, -0.2) is 4.79 Å². The van der Waals surface area contributed by atoms with Crippen LogP contribution < -0.4 is 4.74 Å². The Morgan fingerprint density at radius 1 is 0.793 bits per heavy atom. The number of carbonyl (C=O) groups excluding carboxylic acids is 1. The Kier molecular flexibility index (Phi) is 4.33. The van der Waals surface area contributed by atoms with Crippen LogP contribution in [0, 0.1) is 0 Å². The highest BCUT2D eigenvalue weighted by atomic mass is 79.9. The van der Waals surface area contributed by atoms with Gasteiger partial charge in [-0.05, 0) is 72.1 Å². The van der Waals surface area contributed by atoms with E-state index in [0.29, 0.717) is 47.2 Å². The molecule has 5 rings (SSSR count). The van der Waals surface area contributed by atoms with Crippen LogP contribution in [-0.2, 0) is 10.3 Å². The van der Waals surface area contributed by atoms with Gasteiger partial charge in [0, 0.05) is 41.2 Å². The summed E-state index contributed by atoms with van der Waals surface area (Å²) in [6.07, 6.45) is 0. The monoisotopic (exact) mass is 644 g/mol. The van der Waals surface area contributed by atoms with Crippen molar-refractivity contribution in [1.29, 1.82) is 0 Å². The Bertz CT molecular complexity index is 1260. The van der Waals surface area contributed by atoms with Gasteiger partial charge in [0.25, 0.3) is 0 Å². The second kappa shape index (κ2) is 6.47. The Hall–Kier alpha value is -1.55. The lowest BCUT2D eigenvalue weighted by Crippen LogP contribution is -2.33. The molecule has 2 N–H and O–H groups in total. The minimum atomic E-state index is -1.35. The number of hydrogen-bond donors (Lipinski definition) is 2. The molecule has 0 radical (unpaired) electrons. The van der Waals surface area contributed by atoms with E-state index < -0.39 is 11.6 Å². The van der Waals surface area contributed by atoms with Gasteiger partial charge in [-0.1, -0.05) is 15.9 Å². The van der Waals surface area contributed by atoms with E-state index in [1.807, 2.05) is 0 Å². The molecule has 0 aliphatic carbocycles. The zero-order valence-corrected chi connectivity index (χ0v) is 20.4. The van der Waals surface area contributed by atoms with Crippen molar-refractivity contribution in [3.05, 3.63) is 76.5 Å². The molecule has 9 heteroatoms. The van der Waals surface area contributed by atoms with Crippen LogP contribution in [-0.4, -0.2) is 16.2 Å². The Morgan fingerprint density at radius 2 is 1.52 bits per heavy atom. The summed E-state index contributed by atoms with van der Waals surface area (Å²) in [6.45, 7) is 0. The fourth-order valence-corrected chi connectivity index (χ4v) is 6.26. The molecule has 5 nitrogen and oxygen atoms in total. The fraction of sp³-hybridized carbons (Fsp3) is 0.0500. The molecule has 0 bridgehead atoms. The van der Waals surface area contributed by atoms with Crippen LogP contribution in [0.5, 0.6) is 23.0 Å². The van der Waals surface area contributed by atoms with Crippen LogP contribution in [0.15, 0.2) is 54.3 Å². The number of halogens is 4. The zero-order chi connectivity index (χ0) is 20.7. The van der Waals surface area contributed by atoms with Crippen molar-refractivity contribution in [2.75, 3.05) is 0 Å². The summed E-state index contributed by atoms with van der Waals surface area (Å²) in [5.74, 6) is 0.112. The molecule has 146 valence electrons. The third kappa shape index (κ3) is 2.57. The van der Waals surface area contributed by atoms with Gasteiger partial charge in [0.05, 0.1) is 11.1 Å². The molecule has 1 unspecified atom stereocenters. The number of phenols is 2. The summed E-state index contributed by atoms with van der Waals surface area (Å²) in [5.41, 5.74) is 0.725. The lowest BCUT2D eigenvalue weighted by atomic mass is 9.77. The maximum atomic E-state index is 13.0. The molecule has 29 heavy (non-hydrogen) atoms. The number of hydrogen-bond acceptors (Lipinski definition) is 5. The van der Waals surface area contributed by atoms with Gasteiger partial charge < -0.3 is 19.7 Å². The first kappa shape index (κ1) is 19.4. The quantitative estimate of drug-likeness (QED) is 0.210. The summed E-state index contributed by atoms with van der Waals surface area (Å²) in [7, 11) is 0. The standard InChI is InChI=1S/C20H8Br4O5/c21-11-3-8(26)5-14-16(11)20(10-2-1-7(25)4-13(10)28-14)15-9(19(27)29-20)6-12(22)17(23)18(15)24/h1-6,25-26H. The van der Waals surface area contributed by atoms with E-state index in [9.17, 15) is 15.0 Å². The molecule has 2 aliphatic heterocycles. The first-order valence-electron chi connectivity index (χ1n) is 8.19. The average Bonchev–Trinajstić information content (AvgIpc) is 2.91. The molecule has 0 aromatic heterocycles. The van der Waals surface area contributed by atoms with Gasteiger partial charge in [-0.3, -0.25) is 0 Å². The van der Waals surface area contributed by atoms with Gasteiger partial charge in [-0.15, -0.1) is 0 Å². The molecule has 0 amide bonds. The van der Waals surface area contributed by atoms with Gasteiger partial charge in [-0.2, -0.15) is 0 Å². The molecule has 2 heterocycles. The van der Waals surface area contributed by atoms with Crippen LogP contribution in [0.2, 0.25) is 0 Å². The molecule has 1 atom stereocenters. The molecule has 2 aliphatic rings. The summed E-state index contributed by atoms with van der Waals surface area (Å²) in [4.78, 5) is 13.0. The highest BCUT2D eigenvalue weighted by Crippen LogP contribution is 2.61. The van der Waals surface area contributed by atoms with Crippen LogP contribution >= 0.6 is 63.7 Å².